The lowest BCUT2D eigenvalue weighted by Gasteiger charge is -2.32. The van der Waals surface area contributed by atoms with E-state index in [2.05, 4.69) is 12.2 Å². The number of halogens is 1. The number of hydrogen-bond acceptors (Lipinski definition) is 4. The van der Waals surface area contributed by atoms with Gasteiger partial charge in [0.15, 0.2) is 0 Å². The van der Waals surface area contributed by atoms with Crippen LogP contribution in [0.2, 0.25) is 5.02 Å². The fourth-order valence-electron chi connectivity index (χ4n) is 3.12. The van der Waals surface area contributed by atoms with Crippen LogP contribution in [0.1, 0.15) is 45.0 Å². The maximum atomic E-state index is 12.7. The normalized spacial score (nSPS) is 25.3. The molecule has 0 aliphatic carbocycles. The van der Waals surface area contributed by atoms with Crippen molar-refractivity contribution in [1.29, 1.82) is 0 Å². The van der Waals surface area contributed by atoms with E-state index in [1.807, 2.05) is 38.7 Å². The molecule has 2 heterocycles. The molecule has 2 saturated heterocycles. The number of nitrogens with zero attached hydrogens (tertiary/aromatic N) is 1. The minimum Gasteiger partial charge on any atom is -0.399 e. The molecule has 0 bridgehead atoms. The minimum atomic E-state index is -0.527. The van der Waals surface area contributed by atoms with Gasteiger partial charge in [-0.3, -0.25) is 4.79 Å². The molecule has 0 saturated carbocycles. The molecule has 0 spiro atoms. The molecule has 0 radical (unpaired) electrons. The lowest BCUT2D eigenvalue weighted by atomic mass is 9.78. The smallest absolute Gasteiger partial charge is 0.399 e. The highest BCUT2D eigenvalue weighted by molar-refractivity contribution is 6.65. The molecule has 25 heavy (non-hydrogen) atoms. The number of benzene rings is 1. The molecule has 3 rings (SSSR count). The number of carbonyl (C=O) groups excluding carboxylic acids is 1. The summed E-state index contributed by atoms with van der Waals surface area (Å²) in [4.78, 5) is 14.6. The Hall–Kier alpha value is -1.08. The van der Waals surface area contributed by atoms with Crippen LogP contribution in [-0.2, 0) is 9.31 Å². The average Bonchev–Trinajstić information content (AvgIpc) is 2.74. The van der Waals surface area contributed by atoms with Gasteiger partial charge in [0.1, 0.15) is 0 Å². The summed E-state index contributed by atoms with van der Waals surface area (Å²) in [5, 5.41) is 3.83. The van der Waals surface area contributed by atoms with Crippen LogP contribution < -0.4 is 10.8 Å². The fraction of sp³-hybridized carbons (Fsp3) is 0.611. The van der Waals surface area contributed by atoms with Crippen molar-refractivity contribution < 1.29 is 14.1 Å². The van der Waals surface area contributed by atoms with Gasteiger partial charge in [-0.25, -0.2) is 0 Å². The monoisotopic (exact) mass is 364 g/mol. The zero-order chi connectivity index (χ0) is 18.4. The number of hydrogen-bond donors (Lipinski definition) is 1. The van der Waals surface area contributed by atoms with Crippen LogP contribution in [0.5, 0.6) is 0 Å². The maximum Gasteiger partial charge on any atom is 0.496 e. The van der Waals surface area contributed by atoms with Crippen LogP contribution in [0.15, 0.2) is 18.2 Å². The second-order valence-corrected chi connectivity index (χ2v) is 8.34. The fourth-order valence-corrected chi connectivity index (χ4v) is 3.39. The summed E-state index contributed by atoms with van der Waals surface area (Å²) in [6.07, 6.45) is 0. The molecule has 1 atom stereocenters. The van der Waals surface area contributed by atoms with E-state index in [1.54, 1.807) is 12.1 Å². The van der Waals surface area contributed by atoms with E-state index in [9.17, 15) is 4.79 Å². The summed E-state index contributed by atoms with van der Waals surface area (Å²) in [5.41, 5.74) is 0.503. The molecule has 5 nitrogen and oxygen atoms in total. The van der Waals surface area contributed by atoms with Crippen LogP contribution in [0.4, 0.5) is 0 Å². The van der Waals surface area contributed by atoms with Crippen LogP contribution in [0, 0.1) is 0 Å². The van der Waals surface area contributed by atoms with E-state index in [1.165, 1.54) is 0 Å². The van der Waals surface area contributed by atoms with E-state index in [0.717, 1.165) is 12.0 Å². The van der Waals surface area contributed by atoms with E-state index in [0.29, 0.717) is 29.7 Å². The third kappa shape index (κ3) is 3.58. The van der Waals surface area contributed by atoms with Gasteiger partial charge in [-0.15, -0.1) is 0 Å². The van der Waals surface area contributed by atoms with Crippen LogP contribution >= 0.6 is 11.6 Å². The van der Waals surface area contributed by atoms with Crippen LogP contribution in [0.3, 0.4) is 0 Å². The van der Waals surface area contributed by atoms with Gasteiger partial charge in [-0.1, -0.05) is 17.7 Å². The Balaban J connectivity index is 1.79. The highest BCUT2D eigenvalue weighted by Crippen LogP contribution is 2.37. The number of amides is 1. The summed E-state index contributed by atoms with van der Waals surface area (Å²) in [6.45, 7) is 12.3. The summed E-state index contributed by atoms with van der Waals surface area (Å²) < 4.78 is 12.1. The Morgan fingerprint density at radius 3 is 2.48 bits per heavy atom. The molecule has 1 aromatic rings. The topological polar surface area (TPSA) is 50.8 Å². The summed E-state index contributed by atoms with van der Waals surface area (Å²) in [6, 6.07) is 5.67. The molecule has 2 aliphatic rings. The predicted octanol–water partition coefficient (Wildman–Crippen LogP) is 2.07. The van der Waals surface area contributed by atoms with Gasteiger partial charge in [0.05, 0.1) is 11.2 Å². The zero-order valence-electron chi connectivity index (χ0n) is 15.6. The van der Waals surface area contributed by atoms with Crippen LogP contribution in [-0.4, -0.2) is 54.8 Å². The van der Waals surface area contributed by atoms with Gasteiger partial charge in [-0.2, -0.15) is 0 Å². The summed E-state index contributed by atoms with van der Waals surface area (Å²) in [7, 11) is -0.527. The van der Waals surface area contributed by atoms with Gasteiger partial charge >= 0.3 is 7.12 Å². The summed E-state index contributed by atoms with van der Waals surface area (Å²) >= 11 is 6.46. The summed E-state index contributed by atoms with van der Waals surface area (Å²) in [5.74, 6) is 0.00992. The maximum absolute atomic E-state index is 12.7. The van der Waals surface area contributed by atoms with Crippen molar-refractivity contribution in [3.63, 3.8) is 0 Å². The van der Waals surface area contributed by atoms with E-state index in [4.69, 9.17) is 20.9 Å². The molecule has 0 aromatic heterocycles. The first-order valence-electron chi connectivity index (χ1n) is 8.78. The van der Waals surface area contributed by atoms with Gasteiger partial charge in [0, 0.05) is 41.7 Å². The molecular formula is C18H26BClN2O3. The number of piperazine rings is 1. The molecule has 136 valence electrons. The van der Waals surface area contributed by atoms with Crippen molar-refractivity contribution in [1.82, 2.24) is 10.2 Å². The first-order valence-corrected chi connectivity index (χ1v) is 9.16. The highest BCUT2D eigenvalue weighted by Gasteiger charge is 2.52. The Morgan fingerprint density at radius 1 is 1.28 bits per heavy atom. The Kier molecular flexibility index (Phi) is 4.92. The molecular weight excluding hydrogens is 338 g/mol. The van der Waals surface area contributed by atoms with Gasteiger partial charge in [-0.05, 0) is 46.8 Å². The number of carbonyl (C=O) groups is 1. The first kappa shape index (κ1) is 18.7. The van der Waals surface area contributed by atoms with Crippen LogP contribution in [0.25, 0.3) is 0 Å². The third-order valence-corrected chi connectivity index (χ3v) is 5.74. The standard InChI is InChI=1S/C18H26BClN2O3/c1-12-11-22(9-8-21-12)16(23)13-6-7-14(15(20)10-13)19-24-17(2,3)18(4,5)25-19/h6-7,10,12,21H,8-9,11H2,1-5H3/t12-/m1/s1. The molecule has 2 aliphatic heterocycles. The second kappa shape index (κ2) is 6.58. The lowest BCUT2D eigenvalue weighted by molar-refractivity contribution is 0.00578. The second-order valence-electron chi connectivity index (χ2n) is 7.93. The Morgan fingerprint density at radius 2 is 1.92 bits per heavy atom. The van der Waals surface area contributed by atoms with Crippen molar-refractivity contribution in [3.05, 3.63) is 28.8 Å². The highest BCUT2D eigenvalue weighted by atomic mass is 35.5. The molecule has 1 aromatic carbocycles. The largest absolute Gasteiger partial charge is 0.496 e. The van der Waals surface area contributed by atoms with E-state index < -0.39 is 18.3 Å². The molecule has 1 amide bonds. The first-order chi connectivity index (χ1) is 11.6. The number of rotatable bonds is 2. The lowest BCUT2D eigenvalue weighted by Crippen LogP contribution is -2.51. The van der Waals surface area contributed by atoms with Gasteiger partial charge in [0.2, 0.25) is 0 Å². The average molecular weight is 365 g/mol. The van der Waals surface area contributed by atoms with E-state index >= 15 is 0 Å². The van der Waals surface area contributed by atoms with Crippen molar-refractivity contribution in [2.45, 2.75) is 51.9 Å². The quantitative estimate of drug-likeness (QED) is 0.816. The minimum absolute atomic E-state index is 0.00992. The molecule has 1 N–H and O–H groups in total. The number of nitrogens with one attached hydrogen (secondary N) is 1. The predicted molar refractivity (Wildman–Crippen MR) is 101 cm³/mol. The Labute approximate surface area is 155 Å². The van der Waals surface area contributed by atoms with Crippen molar-refractivity contribution in [3.8, 4) is 0 Å². The van der Waals surface area contributed by atoms with E-state index in [-0.39, 0.29) is 5.91 Å². The molecule has 0 unspecified atom stereocenters. The van der Waals surface area contributed by atoms with Gasteiger partial charge in [0.25, 0.3) is 5.91 Å². The zero-order valence-corrected chi connectivity index (χ0v) is 16.3. The molecule has 7 heteroatoms. The van der Waals surface area contributed by atoms with Crippen molar-refractivity contribution in [2.24, 2.45) is 0 Å². The SMILES string of the molecule is C[C@@H]1CN(C(=O)c2ccc(B3OC(C)(C)C(C)(C)O3)c(Cl)c2)CCN1. The molecule has 2 fully saturated rings. The van der Waals surface area contributed by atoms with Crippen molar-refractivity contribution >= 4 is 30.1 Å². The van der Waals surface area contributed by atoms with Gasteiger partial charge < -0.3 is 19.5 Å². The van der Waals surface area contributed by atoms with Crippen molar-refractivity contribution in [2.75, 3.05) is 19.6 Å². The third-order valence-electron chi connectivity index (χ3n) is 5.41. The Bertz CT molecular complexity index is 664.